The van der Waals surface area contributed by atoms with E-state index in [1.807, 2.05) is 50.2 Å². The summed E-state index contributed by atoms with van der Waals surface area (Å²) in [5.74, 6) is 1.90. The maximum absolute atomic E-state index is 5.95. The summed E-state index contributed by atoms with van der Waals surface area (Å²) in [6, 6.07) is 11.8. The summed E-state index contributed by atoms with van der Waals surface area (Å²) < 4.78 is 10.9. The number of aryl methyl sites for hydroxylation is 2. The largest absolute Gasteiger partial charge is 0.459 e. The zero-order chi connectivity index (χ0) is 14.1. The van der Waals surface area contributed by atoms with Gasteiger partial charge in [-0.2, -0.15) is 0 Å². The number of hydrogen-bond donors (Lipinski definition) is 1. The minimum Gasteiger partial charge on any atom is -0.459 e. The summed E-state index contributed by atoms with van der Waals surface area (Å²) in [5.41, 5.74) is 9.52. The molecule has 0 aliphatic rings. The lowest BCUT2D eigenvalue weighted by molar-refractivity contribution is 0.434. The van der Waals surface area contributed by atoms with E-state index in [0.717, 1.165) is 28.9 Å². The number of benzene rings is 1. The summed E-state index contributed by atoms with van der Waals surface area (Å²) in [6.07, 6.45) is 0.840. The van der Waals surface area contributed by atoms with Crippen molar-refractivity contribution in [2.45, 2.75) is 20.3 Å². The van der Waals surface area contributed by atoms with E-state index in [0.29, 0.717) is 17.3 Å². The number of nitrogen functional groups attached to an aromatic ring is 1. The Balaban J connectivity index is 2.17. The van der Waals surface area contributed by atoms with Crippen LogP contribution in [0.2, 0.25) is 0 Å². The Hall–Kier alpha value is -2.49. The highest BCUT2D eigenvalue weighted by molar-refractivity contribution is 5.86. The first-order valence-electron chi connectivity index (χ1n) is 6.61. The molecule has 0 saturated heterocycles. The molecule has 3 rings (SSSR count). The molecule has 4 nitrogen and oxygen atoms in total. The molecule has 0 spiro atoms. The van der Waals surface area contributed by atoms with Crippen LogP contribution < -0.4 is 5.73 Å². The number of nitrogens with two attached hydrogens (primary N) is 1. The minimum absolute atomic E-state index is 0.309. The number of aromatic nitrogens is 1. The minimum atomic E-state index is 0.309. The lowest BCUT2D eigenvalue weighted by Gasteiger charge is -2.04. The molecule has 4 heteroatoms. The van der Waals surface area contributed by atoms with Crippen molar-refractivity contribution in [3.05, 3.63) is 47.7 Å². The van der Waals surface area contributed by atoms with Gasteiger partial charge in [0, 0.05) is 6.42 Å². The third-order valence-electron chi connectivity index (χ3n) is 3.38. The SMILES string of the molecule is CCc1ccc(-c2noc(N)c2-c2ccccc2C)o1. The van der Waals surface area contributed by atoms with Crippen molar-refractivity contribution >= 4 is 5.88 Å². The van der Waals surface area contributed by atoms with E-state index in [2.05, 4.69) is 5.16 Å². The van der Waals surface area contributed by atoms with E-state index in [-0.39, 0.29) is 0 Å². The van der Waals surface area contributed by atoms with Crippen LogP contribution in [0.25, 0.3) is 22.6 Å². The van der Waals surface area contributed by atoms with Crippen molar-refractivity contribution < 1.29 is 8.94 Å². The molecule has 0 saturated carbocycles. The third-order valence-corrected chi connectivity index (χ3v) is 3.38. The van der Waals surface area contributed by atoms with Crippen LogP contribution in [0.3, 0.4) is 0 Å². The van der Waals surface area contributed by atoms with E-state index < -0.39 is 0 Å². The molecule has 2 N–H and O–H groups in total. The highest BCUT2D eigenvalue weighted by atomic mass is 16.5. The fourth-order valence-electron chi connectivity index (χ4n) is 2.28. The van der Waals surface area contributed by atoms with E-state index in [1.165, 1.54) is 0 Å². The second kappa shape index (κ2) is 4.89. The number of nitrogens with zero attached hydrogens (tertiary/aromatic N) is 1. The van der Waals surface area contributed by atoms with Crippen LogP contribution in [0.4, 0.5) is 5.88 Å². The lowest BCUT2D eigenvalue weighted by Crippen LogP contribution is -1.89. The van der Waals surface area contributed by atoms with Gasteiger partial charge in [-0.15, -0.1) is 0 Å². The zero-order valence-electron chi connectivity index (χ0n) is 11.5. The predicted molar refractivity (Wildman–Crippen MR) is 78.2 cm³/mol. The van der Waals surface area contributed by atoms with Gasteiger partial charge in [0.15, 0.2) is 11.5 Å². The summed E-state index contributed by atoms with van der Waals surface area (Å²) in [5, 5.41) is 4.06. The number of furan rings is 1. The van der Waals surface area contributed by atoms with Crippen LogP contribution >= 0.6 is 0 Å². The van der Waals surface area contributed by atoms with Gasteiger partial charge in [-0.1, -0.05) is 36.3 Å². The van der Waals surface area contributed by atoms with Crippen molar-refractivity contribution in [1.29, 1.82) is 0 Å². The van der Waals surface area contributed by atoms with Gasteiger partial charge in [-0.3, -0.25) is 0 Å². The summed E-state index contributed by atoms with van der Waals surface area (Å²) in [4.78, 5) is 0. The first-order chi connectivity index (χ1) is 9.70. The van der Waals surface area contributed by atoms with E-state index in [9.17, 15) is 0 Å². The molecule has 102 valence electrons. The molecule has 0 bridgehead atoms. The lowest BCUT2D eigenvalue weighted by atomic mass is 10.00. The van der Waals surface area contributed by atoms with Crippen molar-refractivity contribution in [2.75, 3.05) is 5.73 Å². The molecule has 3 aromatic rings. The van der Waals surface area contributed by atoms with Gasteiger partial charge in [-0.05, 0) is 30.2 Å². The Morgan fingerprint density at radius 1 is 1.15 bits per heavy atom. The van der Waals surface area contributed by atoms with Crippen LogP contribution in [-0.4, -0.2) is 5.16 Å². The van der Waals surface area contributed by atoms with E-state index in [4.69, 9.17) is 14.7 Å². The highest BCUT2D eigenvalue weighted by Crippen LogP contribution is 2.38. The van der Waals surface area contributed by atoms with Gasteiger partial charge in [0.2, 0.25) is 5.88 Å². The molecular weight excluding hydrogens is 252 g/mol. The average Bonchev–Trinajstić information content (AvgIpc) is 3.06. The normalized spacial score (nSPS) is 10.9. The molecule has 0 amide bonds. The standard InChI is InChI=1S/C16H16N2O2/c1-3-11-8-9-13(19-11)15-14(16(17)20-18-15)12-7-5-4-6-10(12)2/h4-9H,3,17H2,1-2H3. The zero-order valence-corrected chi connectivity index (χ0v) is 11.5. The molecular formula is C16H16N2O2. The fraction of sp³-hybridized carbons (Fsp3) is 0.188. The van der Waals surface area contributed by atoms with Crippen LogP contribution in [0.15, 0.2) is 45.3 Å². The molecule has 2 heterocycles. The second-order valence-corrected chi connectivity index (χ2v) is 4.70. The van der Waals surface area contributed by atoms with Crippen molar-refractivity contribution in [3.8, 4) is 22.6 Å². The van der Waals surface area contributed by atoms with Gasteiger partial charge in [0.05, 0.1) is 5.56 Å². The van der Waals surface area contributed by atoms with E-state index in [1.54, 1.807) is 0 Å². The molecule has 2 aromatic heterocycles. The summed E-state index contributed by atoms with van der Waals surface area (Å²) in [7, 11) is 0. The highest BCUT2D eigenvalue weighted by Gasteiger charge is 2.20. The number of anilines is 1. The van der Waals surface area contributed by atoms with Gasteiger partial charge in [0.25, 0.3) is 0 Å². The van der Waals surface area contributed by atoms with Crippen LogP contribution in [-0.2, 0) is 6.42 Å². The van der Waals surface area contributed by atoms with Crippen LogP contribution in [0.5, 0.6) is 0 Å². The van der Waals surface area contributed by atoms with Crippen LogP contribution in [0.1, 0.15) is 18.2 Å². The fourth-order valence-corrected chi connectivity index (χ4v) is 2.28. The van der Waals surface area contributed by atoms with Gasteiger partial charge in [0.1, 0.15) is 5.76 Å². The Kier molecular flexibility index (Phi) is 3.06. The maximum atomic E-state index is 5.95. The number of hydrogen-bond acceptors (Lipinski definition) is 4. The molecule has 20 heavy (non-hydrogen) atoms. The van der Waals surface area contributed by atoms with Crippen LogP contribution in [0, 0.1) is 6.92 Å². The molecule has 1 aromatic carbocycles. The van der Waals surface area contributed by atoms with E-state index >= 15 is 0 Å². The monoisotopic (exact) mass is 268 g/mol. The Bertz CT molecular complexity index is 741. The predicted octanol–water partition coefficient (Wildman–Crippen LogP) is 4.05. The quantitative estimate of drug-likeness (QED) is 0.778. The molecule has 0 unspecified atom stereocenters. The average molecular weight is 268 g/mol. The Labute approximate surface area is 117 Å². The van der Waals surface area contributed by atoms with Crippen molar-refractivity contribution in [2.24, 2.45) is 0 Å². The maximum Gasteiger partial charge on any atom is 0.230 e. The molecule has 0 aliphatic carbocycles. The molecule has 0 fully saturated rings. The third kappa shape index (κ3) is 1.99. The first-order valence-corrected chi connectivity index (χ1v) is 6.61. The topological polar surface area (TPSA) is 65.2 Å². The number of rotatable bonds is 3. The molecule has 0 radical (unpaired) electrons. The Morgan fingerprint density at radius 3 is 2.65 bits per heavy atom. The summed E-state index contributed by atoms with van der Waals surface area (Å²) >= 11 is 0. The Morgan fingerprint density at radius 2 is 1.95 bits per heavy atom. The van der Waals surface area contributed by atoms with Crippen molar-refractivity contribution in [3.63, 3.8) is 0 Å². The molecule has 0 aliphatic heterocycles. The van der Waals surface area contributed by atoms with Gasteiger partial charge in [-0.25, -0.2) is 0 Å². The first kappa shape index (κ1) is 12.5. The van der Waals surface area contributed by atoms with Gasteiger partial charge < -0.3 is 14.7 Å². The van der Waals surface area contributed by atoms with Gasteiger partial charge >= 0.3 is 0 Å². The second-order valence-electron chi connectivity index (χ2n) is 4.70. The summed E-state index contributed by atoms with van der Waals surface area (Å²) in [6.45, 7) is 4.08. The van der Waals surface area contributed by atoms with Crippen molar-refractivity contribution in [1.82, 2.24) is 5.16 Å². The smallest absolute Gasteiger partial charge is 0.230 e. The molecule has 0 atom stereocenters.